The number of furan rings is 2. The van der Waals surface area contributed by atoms with Crippen LogP contribution in [0.1, 0.15) is 17.1 Å². The minimum atomic E-state index is 0.00530. The Hall–Kier alpha value is -3.96. The van der Waals surface area contributed by atoms with Crippen LogP contribution in [0.3, 0.4) is 0 Å². The quantitative estimate of drug-likeness (QED) is 0.414. The summed E-state index contributed by atoms with van der Waals surface area (Å²) in [5.41, 5.74) is 25.3. The number of aliphatic imine (C=N–C) groups is 4. The van der Waals surface area contributed by atoms with Crippen LogP contribution < -0.4 is 22.9 Å². The molecule has 0 spiro atoms. The van der Waals surface area contributed by atoms with Gasteiger partial charge in [0, 0.05) is 32.8 Å². The first-order valence-electron chi connectivity index (χ1n) is 8.94. The monoisotopic (exact) mass is 416 g/mol. The third-order valence-electron chi connectivity index (χ3n) is 4.00. The highest BCUT2D eigenvalue weighted by molar-refractivity contribution is 5.95. The number of nitrogens with two attached hydrogens (primary N) is 4. The third-order valence-corrected chi connectivity index (χ3v) is 4.00. The Kier molecular flexibility index (Phi) is 7.07. The largest absolute Gasteiger partial charge is 0.467 e. The molecule has 0 radical (unpaired) electrons. The number of nitrogens with zero attached hydrogens (tertiary/aromatic N) is 6. The summed E-state index contributed by atoms with van der Waals surface area (Å²) in [7, 11) is 5.25. The van der Waals surface area contributed by atoms with Crippen LogP contribution in [0.25, 0.3) is 0 Å². The fourth-order valence-electron chi connectivity index (χ4n) is 2.22. The van der Waals surface area contributed by atoms with E-state index in [1.807, 2.05) is 13.8 Å². The first-order chi connectivity index (χ1) is 14.1. The molecule has 12 nitrogen and oxygen atoms in total. The first kappa shape index (κ1) is 22.3. The van der Waals surface area contributed by atoms with Gasteiger partial charge in [0.05, 0.1) is 6.54 Å². The van der Waals surface area contributed by atoms with Crippen LogP contribution in [-0.4, -0.2) is 54.8 Å². The van der Waals surface area contributed by atoms with Gasteiger partial charge in [0.25, 0.3) is 0 Å². The molecular weight excluding hydrogens is 388 g/mol. The van der Waals surface area contributed by atoms with Crippen LogP contribution >= 0.6 is 0 Å². The van der Waals surface area contributed by atoms with Gasteiger partial charge < -0.3 is 41.6 Å². The molecule has 2 rings (SSSR count). The highest BCUT2D eigenvalue weighted by atomic mass is 16.3. The summed E-state index contributed by atoms with van der Waals surface area (Å²) in [6.45, 7) is 3.99. The molecule has 0 unspecified atom stereocenters. The summed E-state index contributed by atoms with van der Waals surface area (Å²) >= 11 is 0. The van der Waals surface area contributed by atoms with Crippen molar-refractivity contribution in [3.8, 4) is 0 Å². The van der Waals surface area contributed by atoms with Crippen LogP contribution in [0.15, 0.2) is 47.4 Å². The Bertz CT molecular complexity index is 997. The smallest absolute Gasteiger partial charge is 0.223 e. The molecule has 12 heteroatoms. The maximum atomic E-state index is 6.01. The van der Waals surface area contributed by atoms with Gasteiger partial charge in [0.1, 0.15) is 35.4 Å². The molecule has 2 aromatic heterocycles. The molecule has 0 aliphatic heterocycles. The molecule has 0 aliphatic carbocycles. The molecule has 0 fully saturated rings. The lowest BCUT2D eigenvalue weighted by Gasteiger charge is -2.16. The number of hydrogen-bond donors (Lipinski definition) is 4. The van der Waals surface area contributed by atoms with Crippen LogP contribution in [0, 0.1) is 13.8 Å². The molecule has 0 saturated carbocycles. The predicted octanol–water partition coefficient (Wildman–Crippen LogP) is 0.705. The predicted molar refractivity (Wildman–Crippen MR) is 118 cm³/mol. The Morgan fingerprint density at radius 1 is 0.900 bits per heavy atom. The van der Waals surface area contributed by atoms with Gasteiger partial charge in [-0.2, -0.15) is 9.98 Å². The molecule has 0 aliphatic rings. The van der Waals surface area contributed by atoms with Crippen molar-refractivity contribution in [2.24, 2.45) is 42.9 Å². The van der Waals surface area contributed by atoms with E-state index < -0.39 is 0 Å². The Balaban J connectivity index is 2.11. The molecule has 0 bridgehead atoms. The van der Waals surface area contributed by atoms with Gasteiger partial charge in [0.15, 0.2) is 11.9 Å². The van der Waals surface area contributed by atoms with E-state index in [1.54, 1.807) is 37.0 Å². The highest BCUT2D eigenvalue weighted by Crippen LogP contribution is 2.25. The van der Waals surface area contributed by atoms with E-state index in [-0.39, 0.29) is 23.8 Å². The van der Waals surface area contributed by atoms with E-state index >= 15 is 0 Å². The number of aryl methyl sites for hydroxylation is 1. The molecule has 0 saturated heterocycles. The van der Waals surface area contributed by atoms with Crippen molar-refractivity contribution in [1.29, 1.82) is 0 Å². The minimum absolute atomic E-state index is 0.00530. The second kappa shape index (κ2) is 9.49. The molecule has 0 atom stereocenters. The van der Waals surface area contributed by atoms with Gasteiger partial charge in [-0.3, -0.25) is 0 Å². The van der Waals surface area contributed by atoms with Crippen LogP contribution in [0.2, 0.25) is 0 Å². The maximum absolute atomic E-state index is 6.01. The van der Waals surface area contributed by atoms with E-state index in [0.29, 0.717) is 23.7 Å². The molecule has 2 aromatic rings. The van der Waals surface area contributed by atoms with Crippen molar-refractivity contribution in [3.63, 3.8) is 0 Å². The first-order valence-corrected chi connectivity index (χ1v) is 8.94. The van der Waals surface area contributed by atoms with Crippen molar-refractivity contribution in [2.75, 3.05) is 21.1 Å². The summed E-state index contributed by atoms with van der Waals surface area (Å²) in [5, 5.41) is 0. The minimum Gasteiger partial charge on any atom is -0.467 e. The standard InChI is InChI=1S/C18H28N10O2/c1-10-6-12(8-29-10)23-15(19)26-18(22)28(5)7-14-11(2)13(9-30-14)24-16(20)25-17(21)27(3)4/h6,8-9H,7H2,1-5H3,(H4,19,22,23,26)(H4,20,21,24,25). The second-order valence-electron chi connectivity index (χ2n) is 6.72. The zero-order chi connectivity index (χ0) is 22.4. The van der Waals surface area contributed by atoms with Gasteiger partial charge in [-0.05, 0) is 13.8 Å². The summed E-state index contributed by atoms with van der Waals surface area (Å²) in [4.78, 5) is 19.7. The normalized spacial score (nSPS) is 13.6. The van der Waals surface area contributed by atoms with Crippen LogP contribution in [0.4, 0.5) is 11.4 Å². The molecule has 30 heavy (non-hydrogen) atoms. The lowest BCUT2D eigenvalue weighted by molar-refractivity contribution is 0.406. The van der Waals surface area contributed by atoms with Crippen LogP contribution in [0.5, 0.6) is 0 Å². The second-order valence-corrected chi connectivity index (χ2v) is 6.72. The fraction of sp³-hybridized carbons (Fsp3) is 0.333. The van der Waals surface area contributed by atoms with E-state index in [1.165, 1.54) is 12.5 Å². The molecule has 8 N–H and O–H groups in total. The molecular formula is C18H28N10O2. The lowest BCUT2D eigenvalue weighted by Crippen LogP contribution is -2.35. The number of hydrogen-bond acceptors (Lipinski definition) is 4. The third kappa shape index (κ3) is 6.02. The van der Waals surface area contributed by atoms with Gasteiger partial charge >= 0.3 is 0 Å². The average molecular weight is 416 g/mol. The Morgan fingerprint density at radius 2 is 1.53 bits per heavy atom. The lowest BCUT2D eigenvalue weighted by atomic mass is 10.2. The zero-order valence-corrected chi connectivity index (χ0v) is 17.7. The van der Waals surface area contributed by atoms with Gasteiger partial charge in [-0.25, -0.2) is 9.98 Å². The highest BCUT2D eigenvalue weighted by Gasteiger charge is 2.13. The zero-order valence-electron chi connectivity index (χ0n) is 17.7. The average Bonchev–Trinajstić information content (AvgIpc) is 3.21. The SMILES string of the molecule is Cc1cc(N=C(N)N=C(N)N(C)Cc2occ(N=C(N)N=C(N)N(C)C)c2C)co1. The summed E-state index contributed by atoms with van der Waals surface area (Å²) < 4.78 is 10.8. The molecule has 0 amide bonds. The van der Waals surface area contributed by atoms with Crippen LogP contribution in [-0.2, 0) is 6.54 Å². The van der Waals surface area contributed by atoms with Crippen molar-refractivity contribution in [2.45, 2.75) is 20.4 Å². The van der Waals surface area contributed by atoms with Crippen molar-refractivity contribution >= 4 is 35.2 Å². The van der Waals surface area contributed by atoms with E-state index in [4.69, 9.17) is 31.8 Å². The van der Waals surface area contributed by atoms with E-state index in [9.17, 15) is 0 Å². The molecule has 2 heterocycles. The van der Waals surface area contributed by atoms with E-state index in [0.717, 1.165) is 11.3 Å². The Morgan fingerprint density at radius 3 is 2.13 bits per heavy atom. The number of guanidine groups is 4. The molecule has 0 aromatic carbocycles. The van der Waals surface area contributed by atoms with Crippen molar-refractivity contribution in [3.05, 3.63) is 35.7 Å². The van der Waals surface area contributed by atoms with Gasteiger partial charge in [0.2, 0.25) is 11.9 Å². The van der Waals surface area contributed by atoms with Gasteiger partial charge in [-0.15, -0.1) is 0 Å². The summed E-state index contributed by atoms with van der Waals surface area (Å²) in [6.07, 6.45) is 2.96. The van der Waals surface area contributed by atoms with E-state index in [2.05, 4.69) is 20.0 Å². The van der Waals surface area contributed by atoms with Gasteiger partial charge in [-0.1, -0.05) is 0 Å². The number of rotatable bonds is 4. The maximum Gasteiger partial charge on any atom is 0.223 e. The fourth-order valence-corrected chi connectivity index (χ4v) is 2.22. The summed E-state index contributed by atoms with van der Waals surface area (Å²) in [6, 6.07) is 1.73. The summed E-state index contributed by atoms with van der Waals surface area (Å²) in [5.74, 6) is 1.78. The molecule has 162 valence electrons. The Labute approximate surface area is 174 Å². The van der Waals surface area contributed by atoms with Crippen molar-refractivity contribution < 1.29 is 8.83 Å². The van der Waals surface area contributed by atoms with Crippen molar-refractivity contribution in [1.82, 2.24) is 9.80 Å². The topological polar surface area (TPSA) is 186 Å².